The molecule has 3 heterocycles. The third-order valence-corrected chi connectivity index (χ3v) is 3.76. The number of hydrogen-bond donors (Lipinski definition) is 1. The Morgan fingerprint density at radius 3 is 2.71 bits per heavy atom. The monoisotopic (exact) mass is 277 g/mol. The van der Waals surface area contributed by atoms with E-state index in [1.165, 1.54) is 0 Å². The number of fused-ring (bicyclic) bond motifs is 3. The summed E-state index contributed by atoms with van der Waals surface area (Å²) in [6, 6.07) is 12.1. The molecule has 0 saturated heterocycles. The minimum atomic E-state index is -0.214. The maximum absolute atomic E-state index is 12.0. The van der Waals surface area contributed by atoms with Crippen LogP contribution in [0.1, 0.15) is 5.56 Å². The Morgan fingerprint density at radius 1 is 1.10 bits per heavy atom. The molecule has 3 aromatic heterocycles. The number of pyridine rings is 2. The number of H-pyrrole nitrogens is 2. The van der Waals surface area contributed by atoms with E-state index in [0.717, 1.165) is 27.6 Å². The van der Waals surface area contributed by atoms with Gasteiger partial charge in [0.15, 0.2) is 18.0 Å². The SMILES string of the molecule is Cc1cc2n[nH]c(=O)n2c2cc(-c3cc[nH+]cc3)ccc12. The van der Waals surface area contributed by atoms with Crippen LogP contribution in [0.5, 0.6) is 0 Å². The van der Waals surface area contributed by atoms with Crippen molar-refractivity contribution in [1.82, 2.24) is 14.6 Å². The van der Waals surface area contributed by atoms with E-state index in [2.05, 4.69) is 27.3 Å². The summed E-state index contributed by atoms with van der Waals surface area (Å²) >= 11 is 0. The molecule has 1 aromatic carbocycles. The molecule has 102 valence electrons. The van der Waals surface area contributed by atoms with Crippen molar-refractivity contribution in [1.29, 1.82) is 0 Å². The summed E-state index contributed by atoms with van der Waals surface area (Å²) < 4.78 is 1.61. The van der Waals surface area contributed by atoms with Gasteiger partial charge < -0.3 is 0 Å². The molecule has 0 aliphatic heterocycles. The molecule has 4 aromatic rings. The molecule has 0 saturated carbocycles. The number of aromatic amines is 2. The standard InChI is InChI=1S/C16H12N4O/c1-10-8-15-18-19-16(21)20(15)14-9-12(2-3-13(10)14)11-4-6-17-7-5-11/h2-9H,1H3,(H,19,21)/p+1. The molecule has 0 fully saturated rings. The van der Waals surface area contributed by atoms with Crippen molar-refractivity contribution in [3.8, 4) is 11.1 Å². The summed E-state index contributed by atoms with van der Waals surface area (Å²) in [7, 11) is 0. The predicted molar refractivity (Wildman–Crippen MR) is 80.0 cm³/mol. The van der Waals surface area contributed by atoms with Gasteiger partial charge in [0.2, 0.25) is 0 Å². The second-order valence-electron chi connectivity index (χ2n) is 5.07. The Bertz CT molecular complexity index is 1010. The van der Waals surface area contributed by atoms with Crippen LogP contribution in [-0.2, 0) is 0 Å². The number of nitrogens with zero attached hydrogens (tertiary/aromatic N) is 2. The van der Waals surface area contributed by atoms with Crippen LogP contribution in [0.25, 0.3) is 27.7 Å². The summed E-state index contributed by atoms with van der Waals surface area (Å²) in [5.41, 5.74) is 4.56. The van der Waals surface area contributed by atoms with Gasteiger partial charge in [0, 0.05) is 17.5 Å². The summed E-state index contributed by atoms with van der Waals surface area (Å²) in [6.07, 6.45) is 3.77. The molecule has 0 aliphatic carbocycles. The van der Waals surface area contributed by atoms with Crippen LogP contribution in [0, 0.1) is 6.92 Å². The van der Waals surface area contributed by atoms with Crippen LogP contribution in [-0.4, -0.2) is 14.6 Å². The molecule has 0 bridgehead atoms. The van der Waals surface area contributed by atoms with Gasteiger partial charge in [0.25, 0.3) is 0 Å². The average Bonchev–Trinajstić information content (AvgIpc) is 2.89. The van der Waals surface area contributed by atoms with Crippen LogP contribution in [0.4, 0.5) is 0 Å². The van der Waals surface area contributed by atoms with E-state index in [-0.39, 0.29) is 5.69 Å². The van der Waals surface area contributed by atoms with Crippen LogP contribution < -0.4 is 10.7 Å². The van der Waals surface area contributed by atoms with E-state index in [4.69, 9.17) is 0 Å². The highest BCUT2D eigenvalue weighted by atomic mass is 16.1. The number of aromatic nitrogens is 4. The van der Waals surface area contributed by atoms with E-state index in [0.29, 0.717) is 5.65 Å². The highest BCUT2D eigenvalue weighted by molar-refractivity contribution is 5.89. The van der Waals surface area contributed by atoms with Gasteiger partial charge in [0.05, 0.1) is 5.52 Å². The smallest absolute Gasteiger partial charge is 0.246 e. The van der Waals surface area contributed by atoms with E-state index in [1.54, 1.807) is 4.40 Å². The van der Waals surface area contributed by atoms with Crippen molar-refractivity contribution in [2.45, 2.75) is 6.92 Å². The van der Waals surface area contributed by atoms with Gasteiger partial charge in [-0.05, 0) is 35.7 Å². The van der Waals surface area contributed by atoms with E-state index in [1.807, 2.05) is 43.6 Å². The van der Waals surface area contributed by atoms with Gasteiger partial charge in [-0.1, -0.05) is 12.1 Å². The topological polar surface area (TPSA) is 64.3 Å². The van der Waals surface area contributed by atoms with Crippen LogP contribution >= 0.6 is 0 Å². The molecule has 0 aliphatic rings. The molecule has 4 rings (SSSR count). The fourth-order valence-electron chi connectivity index (χ4n) is 2.72. The fourth-order valence-corrected chi connectivity index (χ4v) is 2.72. The average molecular weight is 277 g/mol. The first-order valence-corrected chi connectivity index (χ1v) is 6.71. The molecule has 5 nitrogen and oxygen atoms in total. The predicted octanol–water partition coefficient (Wildman–Crippen LogP) is 1.97. The van der Waals surface area contributed by atoms with Crippen molar-refractivity contribution in [2.24, 2.45) is 0 Å². The molecule has 0 amide bonds. The van der Waals surface area contributed by atoms with Gasteiger partial charge in [0.1, 0.15) is 0 Å². The lowest BCUT2D eigenvalue weighted by molar-refractivity contribution is -0.377. The Morgan fingerprint density at radius 2 is 1.90 bits per heavy atom. The molecule has 2 N–H and O–H groups in total. The van der Waals surface area contributed by atoms with E-state index < -0.39 is 0 Å². The highest BCUT2D eigenvalue weighted by Crippen LogP contribution is 2.25. The second kappa shape index (κ2) is 4.28. The molecular weight excluding hydrogens is 264 g/mol. The van der Waals surface area contributed by atoms with E-state index in [9.17, 15) is 4.79 Å². The van der Waals surface area contributed by atoms with Gasteiger partial charge in [-0.15, -0.1) is 0 Å². The first-order valence-electron chi connectivity index (χ1n) is 6.71. The number of rotatable bonds is 1. The highest BCUT2D eigenvalue weighted by Gasteiger charge is 2.09. The van der Waals surface area contributed by atoms with E-state index >= 15 is 0 Å². The zero-order chi connectivity index (χ0) is 14.4. The van der Waals surface area contributed by atoms with Gasteiger partial charge in [-0.3, -0.25) is 0 Å². The number of nitrogens with one attached hydrogen (secondary N) is 2. The first kappa shape index (κ1) is 11.8. The zero-order valence-electron chi connectivity index (χ0n) is 11.4. The summed E-state index contributed by atoms with van der Waals surface area (Å²) in [6.45, 7) is 2.03. The van der Waals surface area contributed by atoms with Crippen molar-refractivity contribution >= 4 is 16.6 Å². The lowest BCUT2D eigenvalue weighted by atomic mass is 10.0. The molecule has 21 heavy (non-hydrogen) atoms. The summed E-state index contributed by atoms with van der Waals surface area (Å²) in [4.78, 5) is 15.0. The lowest BCUT2D eigenvalue weighted by Gasteiger charge is -2.07. The number of aryl methyl sites for hydroxylation is 1. The Hall–Kier alpha value is -2.95. The van der Waals surface area contributed by atoms with Crippen molar-refractivity contribution in [3.05, 3.63) is 64.8 Å². The normalized spacial score (nSPS) is 11.3. The first-order chi connectivity index (χ1) is 10.2. The third kappa shape index (κ3) is 1.74. The molecular formula is C16H13N4O+. The second-order valence-corrected chi connectivity index (χ2v) is 5.07. The minimum absolute atomic E-state index is 0.214. The number of hydrogen-bond acceptors (Lipinski definition) is 2. The molecule has 0 atom stereocenters. The third-order valence-electron chi connectivity index (χ3n) is 3.76. The van der Waals surface area contributed by atoms with Gasteiger partial charge >= 0.3 is 5.69 Å². The number of benzene rings is 1. The Labute approximate surface area is 119 Å². The lowest BCUT2D eigenvalue weighted by Crippen LogP contribution is -2.10. The summed E-state index contributed by atoms with van der Waals surface area (Å²) in [5, 5.41) is 7.61. The molecule has 0 radical (unpaired) electrons. The van der Waals surface area contributed by atoms with Crippen molar-refractivity contribution < 1.29 is 4.98 Å². The van der Waals surface area contributed by atoms with Crippen LogP contribution in [0.2, 0.25) is 0 Å². The Balaban J connectivity index is 2.13. The van der Waals surface area contributed by atoms with Gasteiger partial charge in [-0.2, -0.15) is 5.10 Å². The fraction of sp³-hybridized carbons (Fsp3) is 0.0625. The minimum Gasteiger partial charge on any atom is -0.246 e. The quantitative estimate of drug-likeness (QED) is 0.578. The van der Waals surface area contributed by atoms with Crippen LogP contribution in [0.3, 0.4) is 0 Å². The largest absolute Gasteiger partial charge is 0.348 e. The molecule has 5 heteroatoms. The van der Waals surface area contributed by atoms with Crippen molar-refractivity contribution in [2.75, 3.05) is 0 Å². The molecule has 0 spiro atoms. The molecule has 0 unspecified atom stereocenters. The summed E-state index contributed by atoms with van der Waals surface area (Å²) in [5.74, 6) is 0. The maximum Gasteiger partial charge on any atom is 0.348 e. The zero-order valence-corrected chi connectivity index (χ0v) is 11.4. The van der Waals surface area contributed by atoms with Crippen LogP contribution in [0.15, 0.2) is 53.6 Å². The Kier molecular flexibility index (Phi) is 2.41. The van der Waals surface area contributed by atoms with Gasteiger partial charge in [-0.25, -0.2) is 19.3 Å². The van der Waals surface area contributed by atoms with Crippen molar-refractivity contribution in [3.63, 3.8) is 0 Å². The maximum atomic E-state index is 12.0.